The van der Waals surface area contributed by atoms with Crippen molar-refractivity contribution in [3.63, 3.8) is 0 Å². The quantitative estimate of drug-likeness (QED) is 0.0797. The zero-order valence-corrected chi connectivity index (χ0v) is 61.7. The number of carbonyl (C=O) groups is 3. The molecule has 0 aromatic heterocycles. The lowest BCUT2D eigenvalue weighted by Crippen LogP contribution is -2.88. The summed E-state index contributed by atoms with van der Waals surface area (Å²) in [6.45, 7) is 38.7. The molecule has 20 rings (SSSR count). The molecule has 97 heavy (non-hydrogen) atoms. The van der Waals surface area contributed by atoms with E-state index in [0.717, 1.165) is 31.9 Å². The highest BCUT2D eigenvalue weighted by molar-refractivity contribution is 7.86. The summed E-state index contributed by atoms with van der Waals surface area (Å²) >= 11 is 9.53. The molecule has 0 radical (unpaired) electrons. The number of rotatable bonds is 2. The SMILES string of the molecule is C=C1C(=O)[C@@]23[C@@H]4OC(C)(C)O[C@@]25OC[C@@]2([C@H]([C@@H]5O)C(C)(C)CC[C@@H]2O)[C@@H]3CC[C@@H]14.C=C1C(=O)[C@@]23[C@@H]4OC(C)(C)O[C@@]25OC[C@]2([C@@H](OS(C)(=O)=O)CCC(C)(C)[C@H]2[C@@H]5O)[C@@H]3CC[C@@H]14.C=C1C(=O)[C@]23[C@H](O)[C@H]1CC[C@H]2[C@@]12CO[C@@]3(O)[C@@H](O)[C@@H]1C(C)(C)CC[C@@H]2O.COC(C)(C)C.ClCCl. The van der Waals surface area contributed by atoms with Gasteiger partial charge in [0.25, 0.3) is 10.1 Å². The molecule has 0 aromatic rings. The Balaban J connectivity index is 0.000000124. The smallest absolute Gasteiger partial charge is 0.264 e. The minimum Gasteiger partial charge on any atom is -0.392 e. The molecule has 12 saturated carbocycles. The van der Waals surface area contributed by atoms with E-state index in [-0.39, 0.29) is 87.5 Å². The van der Waals surface area contributed by atoms with Gasteiger partial charge in [-0.3, -0.25) is 18.6 Å². The van der Waals surface area contributed by atoms with Gasteiger partial charge in [-0.2, -0.15) is 8.42 Å². The molecule has 0 amide bonds. The van der Waals surface area contributed by atoms with Crippen molar-refractivity contribution in [2.24, 2.45) is 102 Å². The van der Waals surface area contributed by atoms with Crippen LogP contribution in [-0.4, -0.2) is 190 Å². The summed E-state index contributed by atoms with van der Waals surface area (Å²) in [6, 6.07) is 0. The first-order valence-electron chi connectivity index (χ1n) is 35.4. The Labute approximate surface area is 581 Å². The van der Waals surface area contributed by atoms with Gasteiger partial charge >= 0.3 is 0 Å². The summed E-state index contributed by atoms with van der Waals surface area (Å²) in [4.78, 5) is 41.4. The number of aliphatic hydroxyl groups excluding tert-OH is 6. The third kappa shape index (κ3) is 8.81. The molecule has 546 valence electrons. The van der Waals surface area contributed by atoms with E-state index in [0.29, 0.717) is 74.7 Å². The van der Waals surface area contributed by atoms with Crippen molar-refractivity contribution in [2.45, 2.75) is 257 Å². The zero-order chi connectivity index (χ0) is 71.5. The van der Waals surface area contributed by atoms with Gasteiger partial charge in [-0.05, 0) is 176 Å². The minimum atomic E-state index is -3.78. The second-order valence-electron chi connectivity index (χ2n) is 36.2. The van der Waals surface area contributed by atoms with Crippen LogP contribution >= 0.6 is 23.2 Å². The normalized spacial score (nSPS) is 52.7. The van der Waals surface area contributed by atoms with Crippen LogP contribution in [0.3, 0.4) is 0 Å². The molecule has 20 aliphatic rings. The zero-order valence-electron chi connectivity index (χ0n) is 59.3. The van der Waals surface area contributed by atoms with E-state index < -0.39 is 150 Å². The Hall–Kier alpha value is -1.88. The predicted molar refractivity (Wildman–Crippen MR) is 353 cm³/mol. The van der Waals surface area contributed by atoms with Crippen LogP contribution in [0.15, 0.2) is 36.5 Å². The number of ketones is 3. The molecule has 12 aliphatic carbocycles. The molecule has 8 aliphatic heterocycles. The molecule has 8 saturated heterocycles. The Morgan fingerprint density at radius 3 is 1.28 bits per heavy atom. The van der Waals surface area contributed by atoms with Crippen LogP contribution in [0.5, 0.6) is 0 Å². The molecule has 20 fully saturated rings. The molecular formula is C73H108Cl2O21S. The molecule has 0 unspecified atom stereocenters. The first kappa shape index (κ1) is 73.4. The van der Waals surface area contributed by atoms with Crippen LogP contribution in [0, 0.1) is 102 Å². The number of hydrogen-bond acceptors (Lipinski definition) is 21. The molecule has 8 heterocycles. The molecule has 8 spiro atoms. The van der Waals surface area contributed by atoms with Crippen LogP contribution in [0.2, 0.25) is 0 Å². The summed E-state index contributed by atoms with van der Waals surface area (Å²) in [6.07, 6.45) is 1.48. The monoisotopic (exact) mass is 1420 g/mol. The molecule has 0 aromatic carbocycles. The van der Waals surface area contributed by atoms with Crippen LogP contribution in [-0.2, 0) is 66.6 Å². The number of methoxy groups -OCH3 is 1. The fourth-order valence-corrected chi connectivity index (χ4v) is 26.7. The third-order valence-electron chi connectivity index (χ3n) is 29.0. The third-order valence-corrected chi connectivity index (χ3v) is 29.6. The summed E-state index contributed by atoms with van der Waals surface area (Å²) in [5, 5.41) is 80.8. The maximum absolute atomic E-state index is 14.1. The summed E-state index contributed by atoms with van der Waals surface area (Å²) in [5.74, 6) is -10.5. The molecule has 27 atom stereocenters. The number of ether oxygens (including phenoxy) is 8. The van der Waals surface area contributed by atoms with Crippen molar-refractivity contribution >= 4 is 50.7 Å². The lowest BCUT2D eigenvalue weighted by atomic mass is 9.35. The summed E-state index contributed by atoms with van der Waals surface area (Å²) < 4.78 is 80.0. The number of carbonyl (C=O) groups excluding carboxylic acids is 3. The van der Waals surface area contributed by atoms with E-state index in [4.69, 9.17) is 65.3 Å². The molecule has 21 nitrogen and oxygen atoms in total. The van der Waals surface area contributed by atoms with E-state index in [1.807, 2.05) is 48.5 Å². The van der Waals surface area contributed by atoms with Crippen molar-refractivity contribution < 1.29 is 101 Å². The van der Waals surface area contributed by atoms with Gasteiger partial charge in [0.15, 0.2) is 28.9 Å². The number of aliphatic hydroxyl groups is 7. The van der Waals surface area contributed by atoms with Crippen molar-refractivity contribution in [2.75, 3.05) is 38.5 Å². The van der Waals surface area contributed by atoms with Gasteiger partial charge in [0.2, 0.25) is 17.4 Å². The van der Waals surface area contributed by atoms with Gasteiger partial charge in [0.05, 0.1) is 73.6 Å². The van der Waals surface area contributed by atoms with Gasteiger partial charge in [0.1, 0.15) is 34.6 Å². The Morgan fingerprint density at radius 1 is 0.515 bits per heavy atom. The van der Waals surface area contributed by atoms with Crippen molar-refractivity contribution in [3.8, 4) is 0 Å². The highest BCUT2D eigenvalue weighted by atomic mass is 35.5. The molecule has 7 N–H and O–H groups in total. The number of halogens is 2. The fourth-order valence-electron chi connectivity index (χ4n) is 26.0. The largest absolute Gasteiger partial charge is 0.392 e. The van der Waals surface area contributed by atoms with Crippen molar-refractivity contribution in [1.82, 2.24) is 0 Å². The lowest BCUT2D eigenvalue weighted by molar-refractivity contribution is -0.534. The maximum atomic E-state index is 14.1. The Bertz CT molecular complexity index is 3440. The van der Waals surface area contributed by atoms with E-state index in [1.165, 1.54) is 0 Å². The van der Waals surface area contributed by atoms with Crippen LogP contribution in [0.4, 0.5) is 0 Å². The van der Waals surface area contributed by atoms with Crippen molar-refractivity contribution in [1.29, 1.82) is 0 Å². The Morgan fingerprint density at radius 2 is 0.856 bits per heavy atom. The number of Topliss-reactive ketones (excluding diaryl/α,β-unsaturated/α-hetero) is 3. The fraction of sp³-hybridized carbons (Fsp3) is 0.877. The van der Waals surface area contributed by atoms with E-state index in [9.17, 15) is 58.5 Å². The lowest BCUT2D eigenvalue weighted by Gasteiger charge is -2.77. The second kappa shape index (κ2) is 22.3. The maximum Gasteiger partial charge on any atom is 0.264 e. The first-order valence-corrected chi connectivity index (χ1v) is 38.3. The van der Waals surface area contributed by atoms with Gasteiger partial charge in [-0.15, -0.1) is 23.2 Å². The first-order chi connectivity index (χ1) is 44.6. The molecule has 12 bridgehead atoms. The highest BCUT2D eigenvalue weighted by Gasteiger charge is 2.93. The topological polar surface area (TPSA) is 310 Å². The standard InChI is InChI=1S/C24H34O8S.C23H32O6.C20H28O6.C5H12O.CH2Cl2/c1-12-13-7-8-14-22-11-29-24(23(14,17(12)25)19(13)30-21(4,5)32-24)18(26)16(22)20(2,3)10-9-15(22)31-33(6,27)28;1-11-12-6-7-13-21-10-27-23(17(26)15(21)19(2,3)9-8-14(21)24)22(13,16(11)25)18(12)28-20(4,5)29-23;1-9-10-4-5-11-18-8-26-20(25,19(11,14(9)22)15(10)23)16(24)13(18)17(2,3)7-6-12(18)21;1-5(2,3)6-4;2-1-3/h13-16,18-19,26H,1,7-11H2,2-6H3;12-15,17-18,24,26H,1,6-10H2,2-5H3;10-13,15-16,21,23-25H,1,4-8H2,2-3H3;1-4H3;1H2/t13-,14-,15-,16+,18-,19+,22+,23-,24+;12-,13-,14-,15+,17-,18+,21+,22-,23+;10-,11-,12-,13+,15+,16-,18+,19-,20-;;/m000../s1. The average Bonchev–Trinajstić information content (AvgIpc) is 1.58. The van der Waals surface area contributed by atoms with E-state index in [2.05, 4.69) is 47.4 Å². The molecule has 24 heteroatoms. The van der Waals surface area contributed by atoms with E-state index in [1.54, 1.807) is 21.0 Å². The second-order valence-corrected chi connectivity index (χ2v) is 38.6. The number of hydrogen-bond donors (Lipinski definition) is 7. The number of fused-ring (bicyclic) bond motifs is 4. The van der Waals surface area contributed by atoms with Gasteiger partial charge in [0, 0.05) is 58.9 Å². The predicted octanol–water partition coefficient (Wildman–Crippen LogP) is 7.56. The Kier molecular flexibility index (Phi) is 16.9. The van der Waals surface area contributed by atoms with Gasteiger partial charge < -0.3 is 73.6 Å². The average molecular weight is 1420 g/mol. The minimum absolute atomic E-state index is 0.0417. The van der Waals surface area contributed by atoms with Crippen LogP contribution < -0.4 is 0 Å². The summed E-state index contributed by atoms with van der Waals surface area (Å²) in [7, 11) is -2.07. The number of alkyl halides is 2. The van der Waals surface area contributed by atoms with Crippen LogP contribution in [0.25, 0.3) is 0 Å². The van der Waals surface area contributed by atoms with Crippen LogP contribution in [0.1, 0.15) is 167 Å². The van der Waals surface area contributed by atoms with Crippen molar-refractivity contribution in [3.05, 3.63) is 36.5 Å². The highest BCUT2D eigenvalue weighted by Crippen LogP contribution is 2.83. The van der Waals surface area contributed by atoms with Gasteiger partial charge in [-0.25, -0.2) is 0 Å². The molecular weight excluding hydrogens is 1320 g/mol. The van der Waals surface area contributed by atoms with E-state index >= 15 is 0 Å². The van der Waals surface area contributed by atoms with Gasteiger partial charge in [-0.1, -0.05) is 61.3 Å². The summed E-state index contributed by atoms with van der Waals surface area (Å²) in [5.41, 5.74) is -5.88.